The van der Waals surface area contributed by atoms with E-state index in [1.54, 1.807) is 23.4 Å². The Morgan fingerprint density at radius 3 is 2.87 bits per heavy atom. The molecule has 1 unspecified atom stereocenters. The van der Waals surface area contributed by atoms with Gasteiger partial charge in [0.2, 0.25) is 0 Å². The third kappa shape index (κ3) is 3.34. The van der Waals surface area contributed by atoms with Crippen molar-refractivity contribution < 1.29 is 0 Å². The zero-order valence-corrected chi connectivity index (χ0v) is 13.2. The fourth-order valence-corrected chi connectivity index (χ4v) is 3.37. The summed E-state index contributed by atoms with van der Waals surface area (Å²) in [4.78, 5) is 18.5. The second kappa shape index (κ2) is 6.23. The zero-order valence-electron chi connectivity index (χ0n) is 13.2. The Kier molecular flexibility index (Phi) is 3.95. The molecule has 3 heterocycles. The summed E-state index contributed by atoms with van der Waals surface area (Å²) >= 11 is 0. The quantitative estimate of drug-likeness (QED) is 0.791. The molecule has 1 aliphatic heterocycles. The number of rotatable bonds is 6. The molecule has 0 bridgehead atoms. The lowest BCUT2D eigenvalue weighted by Gasteiger charge is -2.24. The molecule has 2 fully saturated rings. The monoisotopic (exact) mass is 314 g/mol. The van der Waals surface area contributed by atoms with Gasteiger partial charge in [0.25, 0.3) is 5.56 Å². The van der Waals surface area contributed by atoms with E-state index >= 15 is 0 Å². The SMILES string of the molecule is O=c1ccc(C2CC2)nn1CC1CCCN1CCn1cncn1. The van der Waals surface area contributed by atoms with E-state index in [4.69, 9.17) is 0 Å². The van der Waals surface area contributed by atoms with Crippen molar-refractivity contribution in [2.45, 2.75) is 50.7 Å². The lowest BCUT2D eigenvalue weighted by molar-refractivity contribution is 0.213. The van der Waals surface area contributed by atoms with E-state index < -0.39 is 0 Å². The molecule has 0 radical (unpaired) electrons. The minimum absolute atomic E-state index is 0.0116. The Morgan fingerprint density at radius 1 is 1.17 bits per heavy atom. The average Bonchev–Trinajstić information content (AvgIpc) is 3.09. The van der Waals surface area contributed by atoms with Crippen molar-refractivity contribution in [2.24, 2.45) is 0 Å². The third-order valence-electron chi connectivity index (χ3n) is 4.85. The highest BCUT2D eigenvalue weighted by Gasteiger charge is 2.28. The number of likely N-dealkylation sites (tertiary alicyclic amines) is 1. The topological polar surface area (TPSA) is 68.8 Å². The first-order valence-electron chi connectivity index (χ1n) is 8.44. The normalized spacial score (nSPS) is 21.8. The lowest BCUT2D eigenvalue weighted by Crippen LogP contribution is -2.38. The molecule has 0 aromatic carbocycles. The van der Waals surface area contributed by atoms with Gasteiger partial charge in [0.15, 0.2) is 0 Å². The highest BCUT2D eigenvalue weighted by Crippen LogP contribution is 2.38. The van der Waals surface area contributed by atoms with Crippen LogP contribution in [0.3, 0.4) is 0 Å². The van der Waals surface area contributed by atoms with Crippen molar-refractivity contribution in [3.05, 3.63) is 40.8 Å². The molecular weight excluding hydrogens is 292 g/mol. The summed E-state index contributed by atoms with van der Waals surface area (Å²) in [5, 5.41) is 8.74. The van der Waals surface area contributed by atoms with Crippen LogP contribution in [0.1, 0.15) is 37.3 Å². The van der Waals surface area contributed by atoms with E-state index in [1.165, 1.54) is 19.3 Å². The van der Waals surface area contributed by atoms with Crippen LogP contribution in [0.2, 0.25) is 0 Å². The number of aromatic nitrogens is 5. The van der Waals surface area contributed by atoms with Gasteiger partial charge in [-0.25, -0.2) is 9.67 Å². The van der Waals surface area contributed by atoms with Gasteiger partial charge in [-0.2, -0.15) is 10.2 Å². The minimum atomic E-state index is 0.0116. The molecule has 1 atom stereocenters. The maximum atomic E-state index is 12.1. The Bertz CT molecular complexity index is 706. The second-order valence-corrected chi connectivity index (χ2v) is 6.54. The molecule has 7 heteroatoms. The highest BCUT2D eigenvalue weighted by atomic mass is 16.1. The Labute approximate surface area is 134 Å². The van der Waals surface area contributed by atoms with E-state index in [9.17, 15) is 4.79 Å². The first-order valence-corrected chi connectivity index (χ1v) is 8.44. The Balaban J connectivity index is 1.42. The van der Waals surface area contributed by atoms with Gasteiger partial charge in [0.05, 0.1) is 18.8 Å². The summed E-state index contributed by atoms with van der Waals surface area (Å²) in [6.45, 7) is 3.54. The molecule has 2 aromatic heterocycles. The van der Waals surface area contributed by atoms with Crippen LogP contribution < -0.4 is 5.56 Å². The summed E-state index contributed by atoms with van der Waals surface area (Å²) in [6.07, 6.45) is 8.03. The van der Waals surface area contributed by atoms with E-state index in [-0.39, 0.29) is 5.56 Å². The van der Waals surface area contributed by atoms with Crippen LogP contribution >= 0.6 is 0 Å². The van der Waals surface area contributed by atoms with Gasteiger partial charge >= 0.3 is 0 Å². The van der Waals surface area contributed by atoms with Crippen molar-refractivity contribution in [3.8, 4) is 0 Å². The third-order valence-corrected chi connectivity index (χ3v) is 4.85. The van der Waals surface area contributed by atoms with Crippen LogP contribution in [0.4, 0.5) is 0 Å². The molecule has 0 N–H and O–H groups in total. The van der Waals surface area contributed by atoms with Crippen molar-refractivity contribution in [1.82, 2.24) is 29.4 Å². The average molecular weight is 314 g/mol. The van der Waals surface area contributed by atoms with E-state index in [0.717, 1.165) is 31.7 Å². The molecule has 7 nitrogen and oxygen atoms in total. The smallest absolute Gasteiger partial charge is 0.266 e. The number of nitrogens with zero attached hydrogens (tertiary/aromatic N) is 6. The molecule has 0 spiro atoms. The summed E-state index contributed by atoms with van der Waals surface area (Å²) in [6, 6.07) is 3.96. The summed E-state index contributed by atoms with van der Waals surface area (Å²) in [5.74, 6) is 0.578. The molecule has 1 saturated carbocycles. The maximum absolute atomic E-state index is 12.1. The molecule has 1 aliphatic carbocycles. The molecule has 2 aromatic rings. The van der Waals surface area contributed by atoms with E-state index in [0.29, 0.717) is 18.5 Å². The van der Waals surface area contributed by atoms with Gasteiger partial charge in [-0.05, 0) is 38.3 Å². The molecule has 122 valence electrons. The molecule has 23 heavy (non-hydrogen) atoms. The number of hydrogen-bond acceptors (Lipinski definition) is 5. The molecule has 1 saturated heterocycles. The van der Waals surface area contributed by atoms with E-state index in [2.05, 4.69) is 20.1 Å². The van der Waals surface area contributed by atoms with Gasteiger partial charge in [0, 0.05) is 24.6 Å². The summed E-state index contributed by atoms with van der Waals surface area (Å²) < 4.78 is 3.53. The Morgan fingerprint density at radius 2 is 2.09 bits per heavy atom. The fourth-order valence-electron chi connectivity index (χ4n) is 3.37. The molecule has 2 aliphatic rings. The van der Waals surface area contributed by atoms with Crippen molar-refractivity contribution in [1.29, 1.82) is 0 Å². The minimum Gasteiger partial charge on any atom is -0.297 e. The van der Waals surface area contributed by atoms with Crippen molar-refractivity contribution in [3.63, 3.8) is 0 Å². The van der Waals surface area contributed by atoms with E-state index in [1.807, 2.05) is 10.7 Å². The Hall–Kier alpha value is -2.02. The molecule has 0 amide bonds. The van der Waals surface area contributed by atoms with Crippen LogP contribution in [-0.4, -0.2) is 48.6 Å². The zero-order chi connectivity index (χ0) is 15.6. The molecular formula is C16H22N6O. The fraction of sp³-hybridized carbons (Fsp3) is 0.625. The molecule has 4 rings (SSSR count). The van der Waals surface area contributed by atoms with Crippen LogP contribution in [-0.2, 0) is 13.1 Å². The van der Waals surface area contributed by atoms with Gasteiger partial charge in [-0.1, -0.05) is 0 Å². The predicted molar refractivity (Wildman–Crippen MR) is 85.1 cm³/mol. The standard InChI is InChI=1S/C16H22N6O/c23-16-6-5-15(13-3-4-13)19-22(16)10-14-2-1-7-20(14)8-9-21-12-17-11-18-21/h5-6,11-14H,1-4,7-10H2. The van der Waals surface area contributed by atoms with Crippen molar-refractivity contribution >= 4 is 0 Å². The predicted octanol–water partition coefficient (Wildman–Crippen LogP) is 0.877. The lowest BCUT2D eigenvalue weighted by atomic mass is 10.2. The van der Waals surface area contributed by atoms with Gasteiger partial charge in [-0.3, -0.25) is 14.4 Å². The summed E-state index contributed by atoms with van der Waals surface area (Å²) in [5.41, 5.74) is 1.09. The van der Waals surface area contributed by atoms with Gasteiger partial charge < -0.3 is 0 Å². The largest absolute Gasteiger partial charge is 0.297 e. The summed E-state index contributed by atoms with van der Waals surface area (Å²) in [7, 11) is 0. The highest BCUT2D eigenvalue weighted by molar-refractivity contribution is 5.12. The van der Waals surface area contributed by atoms with Crippen LogP contribution in [0, 0.1) is 0 Å². The van der Waals surface area contributed by atoms with Crippen LogP contribution in [0.15, 0.2) is 29.6 Å². The van der Waals surface area contributed by atoms with Gasteiger partial charge in [0.1, 0.15) is 12.7 Å². The number of hydrogen-bond donors (Lipinski definition) is 0. The van der Waals surface area contributed by atoms with Crippen molar-refractivity contribution in [2.75, 3.05) is 13.1 Å². The maximum Gasteiger partial charge on any atom is 0.266 e. The first-order chi connectivity index (χ1) is 11.3. The van der Waals surface area contributed by atoms with Crippen LogP contribution in [0.25, 0.3) is 0 Å². The first kappa shape index (κ1) is 14.6. The second-order valence-electron chi connectivity index (χ2n) is 6.54. The van der Waals surface area contributed by atoms with Crippen LogP contribution in [0.5, 0.6) is 0 Å². The van der Waals surface area contributed by atoms with Gasteiger partial charge in [-0.15, -0.1) is 0 Å².